The Morgan fingerprint density at radius 3 is 3.15 bits per heavy atom. The maximum Gasteiger partial charge on any atom is 0.350 e. The number of carbonyl (C=O) groups is 1. The van der Waals surface area contributed by atoms with E-state index >= 15 is 0 Å². The van der Waals surface area contributed by atoms with Crippen molar-refractivity contribution in [1.29, 1.82) is 0 Å². The fourth-order valence-corrected chi connectivity index (χ4v) is 3.71. The number of ether oxygens (including phenoxy) is 1. The van der Waals surface area contributed by atoms with E-state index in [1.54, 1.807) is 6.92 Å². The maximum atomic E-state index is 11.9. The Labute approximate surface area is 122 Å². The first kappa shape index (κ1) is 13.4. The Balaban J connectivity index is 2.10. The Morgan fingerprint density at radius 1 is 1.60 bits per heavy atom. The first-order chi connectivity index (χ1) is 9.60. The molecule has 0 saturated heterocycles. The number of aromatic nitrogens is 1. The summed E-state index contributed by atoms with van der Waals surface area (Å²) in [6.07, 6.45) is 3.23. The minimum atomic E-state index is -0.348. The highest BCUT2D eigenvalue weighted by Crippen LogP contribution is 2.36. The number of hydrogen-bond acceptors (Lipinski definition) is 5. The number of carbonyl (C=O) groups excluding carboxylic acids is 1. The van der Waals surface area contributed by atoms with E-state index < -0.39 is 0 Å². The van der Waals surface area contributed by atoms with Crippen LogP contribution in [-0.4, -0.2) is 17.6 Å². The minimum absolute atomic E-state index is 0.348. The molecule has 0 radical (unpaired) electrons. The summed E-state index contributed by atoms with van der Waals surface area (Å²) in [6, 6.07) is 2.11. The number of aryl methyl sites for hydroxylation is 1. The third kappa shape index (κ3) is 2.16. The van der Waals surface area contributed by atoms with Crippen molar-refractivity contribution in [3.05, 3.63) is 22.2 Å². The highest BCUT2D eigenvalue weighted by molar-refractivity contribution is 7.21. The van der Waals surface area contributed by atoms with Crippen LogP contribution < -0.4 is 5.73 Å². The lowest BCUT2D eigenvalue weighted by Gasteiger charge is -2.20. The molecule has 1 atom stereocenters. The van der Waals surface area contributed by atoms with Gasteiger partial charge in [-0.2, -0.15) is 0 Å². The van der Waals surface area contributed by atoms with Crippen molar-refractivity contribution >= 4 is 33.2 Å². The zero-order chi connectivity index (χ0) is 14.3. The summed E-state index contributed by atoms with van der Waals surface area (Å²) in [5.41, 5.74) is 9.05. The van der Waals surface area contributed by atoms with Crippen molar-refractivity contribution in [2.24, 2.45) is 5.92 Å². The number of hydrogen-bond donors (Lipinski definition) is 1. The van der Waals surface area contributed by atoms with Crippen LogP contribution >= 0.6 is 11.3 Å². The number of nitrogen functional groups attached to an aromatic ring is 1. The monoisotopic (exact) mass is 290 g/mol. The Morgan fingerprint density at radius 2 is 2.40 bits per heavy atom. The summed E-state index contributed by atoms with van der Waals surface area (Å²) < 4.78 is 5.04. The van der Waals surface area contributed by atoms with Gasteiger partial charge in [-0.25, -0.2) is 9.78 Å². The summed E-state index contributed by atoms with van der Waals surface area (Å²) in [4.78, 5) is 17.9. The summed E-state index contributed by atoms with van der Waals surface area (Å²) in [6.45, 7) is 4.40. The first-order valence-corrected chi connectivity index (χ1v) is 7.79. The SMILES string of the molecule is CCOC(=O)c1sc2nc3c(cc2c1N)C[C@@H](C)CC3. The molecule has 0 aromatic carbocycles. The van der Waals surface area contributed by atoms with Crippen LogP contribution in [0.15, 0.2) is 6.07 Å². The molecular weight excluding hydrogens is 272 g/mol. The predicted molar refractivity (Wildman–Crippen MR) is 81.2 cm³/mol. The van der Waals surface area contributed by atoms with E-state index in [2.05, 4.69) is 13.0 Å². The van der Waals surface area contributed by atoms with Gasteiger partial charge in [-0.1, -0.05) is 6.92 Å². The molecule has 0 saturated carbocycles. The van der Waals surface area contributed by atoms with Crippen molar-refractivity contribution in [3.63, 3.8) is 0 Å². The van der Waals surface area contributed by atoms with Gasteiger partial charge in [-0.3, -0.25) is 0 Å². The molecule has 2 heterocycles. The van der Waals surface area contributed by atoms with Crippen LogP contribution in [0.2, 0.25) is 0 Å². The molecule has 2 N–H and O–H groups in total. The average molecular weight is 290 g/mol. The van der Waals surface area contributed by atoms with Crippen molar-refractivity contribution in [2.45, 2.75) is 33.1 Å². The van der Waals surface area contributed by atoms with Gasteiger partial charge in [0.2, 0.25) is 0 Å². The average Bonchev–Trinajstić information content (AvgIpc) is 2.74. The van der Waals surface area contributed by atoms with Crippen LogP contribution in [0.5, 0.6) is 0 Å². The van der Waals surface area contributed by atoms with Gasteiger partial charge in [-0.15, -0.1) is 11.3 Å². The lowest BCUT2D eigenvalue weighted by atomic mass is 9.87. The minimum Gasteiger partial charge on any atom is -0.462 e. The fraction of sp³-hybridized carbons (Fsp3) is 0.467. The normalized spacial score (nSPS) is 18.0. The lowest BCUT2D eigenvalue weighted by Crippen LogP contribution is -2.12. The standard InChI is InChI=1S/C15H18N2O2S/c1-3-19-15(18)13-12(16)10-7-9-6-8(2)4-5-11(9)17-14(10)20-13/h7-8H,3-6,16H2,1-2H3/t8-/m0/s1. The van der Waals surface area contributed by atoms with Gasteiger partial charge in [0, 0.05) is 11.1 Å². The van der Waals surface area contributed by atoms with Crippen molar-refractivity contribution in [1.82, 2.24) is 4.98 Å². The molecule has 0 aliphatic heterocycles. The van der Waals surface area contributed by atoms with Gasteiger partial charge in [0.1, 0.15) is 9.71 Å². The molecule has 0 amide bonds. The molecule has 106 valence electrons. The molecule has 5 heteroatoms. The molecule has 0 fully saturated rings. The highest BCUT2D eigenvalue weighted by Gasteiger charge is 2.22. The molecule has 1 aliphatic rings. The number of nitrogens with zero attached hydrogens (tertiary/aromatic N) is 1. The second kappa shape index (κ2) is 5.05. The second-order valence-corrected chi connectivity index (χ2v) is 6.36. The maximum absolute atomic E-state index is 11.9. The molecule has 0 spiro atoms. The van der Waals surface area contributed by atoms with E-state index in [0.29, 0.717) is 23.1 Å². The summed E-state index contributed by atoms with van der Waals surface area (Å²) in [5, 5.41) is 0.894. The van der Waals surface area contributed by atoms with Crippen LogP contribution in [0.25, 0.3) is 10.2 Å². The summed E-state index contributed by atoms with van der Waals surface area (Å²) in [7, 11) is 0. The zero-order valence-electron chi connectivity index (χ0n) is 11.7. The van der Waals surface area contributed by atoms with Crippen LogP contribution in [0, 0.1) is 5.92 Å². The van der Waals surface area contributed by atoms with Crippen molar-refractivity contribution in [3.8, 4) is 0 Å². The summed E-state index contributed by atoms with van der Waals surface area (Å²) in [5.74, 6) is 0.338. The van der Waals surface area contributed by atoms with Crippen LogP contribution in [-0.2, 0) is 17.6 Å². The van der Waals surface area contributed by atoms with Gasteiger partial charge >= 0.3 is 5.97 Å². The van der Waals surface area contributed by atoms with E-state index in [1.165, 1.54) is 23.3 Å². The smallest absolute Gasteiger partial charge is 0.350 e. The Hall–Kier alpha value is -1.62. The topological polar surface area (TPSA) is 65.2 Å². The lowest BCUT2D eigenvalue weighted by molar-refractivity contribution is 0.0533. The molecular formula is C15H18N2O2S. The van der Waals surface area contributed by atoms with Gasteiger partial charge < -0.3 is 10.5 Å². The molecule has 0 unspecified atom stereocenters. The molecule has 2 aromatic heterocycles. The zero-order valence-corrected chi connectivity index (χ0v) is 12.5. The van der Waals surface area contributed by atoms with Gasteiger partial charge in [-0.05, 0) is 43.7 Å². The Bertz CT molecular complexity index is 678. The number of nitrogens with two attached hydrogens (primary N) is 1. The quantitative estimate of drug-likeness (QED) is 0.863. The van der Waals surface area contributed by atoms with Gasteiger partial charge in [0.25, 0.3) is 0 Å². The number of anilines is 1. The Kier molecular flexibility index (Phi) is 3.38. The number of rotatable bonds is 2. The number of fused-ring (bicyclic) bond motifs is 2. The van der Waals surface area contributed by atoms with Gasteiger partial charge in [0.05, 0.1) is 12.3 Å². The van der Waals surface area contributed by atoms with E-state index in [-0.39, 0.29) is 5.97 Å². The number of thiophene rings is 1. The third-order valence-corrected chi connectivity index (χ3v) is 4.89. The predicted octanol–water partition coefficient (Wildman–Crippen LogP) is 3.18. The molecule has 3 rings (SSSR count). The molecule has 0 bridgehead atoms. The van der Waals surface area contributed by atoms with Gasteiger partial charge in [0.15, 0.2) is 0 Å². The molecule has 2 aromatic rings. The number of esters is 1. The van der Waals surface area contributed by atoms with Crippen molar-refractivity contribution < 1.29 is 9.53 Å². The first-order valence-electron chi connectivity index (χ1n) is 6.98. The van der Waals surface area contributed by atoms with E-state index in [4.69, 9.17) is 15.5 Å². The van der Waals surface area contributed by atoms with Crippen LogP contribution in [0.3, 0.4) is 0 Å². The molecule has 1 aliphatic carbocycles. The van der Waals surface area contributed by atoms with Crippen molar-refractivity contribution in [2.75, 3.05) is 12.3 Å². The van der Waals surface area contributed by atoms with E-state index in [0.717, 1.165) is 28.8 Å². The molecule has 20 heavy (non-hydrogen) atoms. The largest absolute Gasteiger partial charge is 0.462 e. The molecule has 4 nitrogen and oxygen atoms in total. The van der Waals surface area contributed by atoms with Crippen LogP contribution in [0.1, 0.15) is 41.2 Å². The van der Waals surface area contributed by atoms with E-state index in [1.807, 2.05) is 0 Å². The summed E-state index contributed by atoms with van der Waals surface area (Å²) >= 11 is 1.33. The third-order valence-electron chi connectivity index (χ3n) is 3.79. The van der Waals surface area contributed by atoms with E-state index in [9.17, 15) is 4.79 Å². The second-order valence-electron chi connectivity index (χ2n) is 5.36. The fourth-order valence-electron chi connectivity index (χ4n) is 2.72. The highest BCUT2D eigenvalue weighted by atomic mass is 32.1. The number of pyridine rings is 1. The van der Waals surface area contributed by atoms with Crippen LogP contribution in [0.4, 0.5) is 5.69 Å².